The maximum Gasteiger partial charge on any atom is 0.147 e. The minimum Gasteiger partial charge on any atom is -0.384 e. The van der Waals surface area contributed by atoms with E-state index in [-0.39, 0.29) is 5.75 Å². The summed E-state index contributed by atoms with van der Waals surface area (Å²) < 4.78 is 23.3. The van der Waals surface area contributed by atoms with E-state index in [0.717, 1.165) is 0 Å². The van der Waals surface area contributed by atoms with Crippen LogP contribution in [0.25, 0.3) is 0 Å². The molecule has 1 aromatic heterocycles. The summed E-state index contributed by atoms with van der Waals surface area (Å²) in [6, 6.07) is 0. The number of nitrogens with zero attached hydrogens (tertiary/aromatic N) is 3. The van der Waals surface area contributed by atoms with Gasteiger partial charge in [-0.3, -0.25) is 4.68 Å². The fourth-order valence-corrected chi connectivity index (χ4v) is 1.83. The number of sulfone groups is 1. The van der Waals surface area contributed by atoms with Gasteiger partial charge < -0.3 is 5.11 Å². The summed E-state index contributed by atoms with van der Waals surface area (Å²) in [5, 5.41) is 17.3. The predicted octanol–water partition coefficient (Wildman–Crippen LogP) is -0.0598. The highest BCUT2D eigenvalue weighted by Crippen LogP contribution is 2.15. The average Bonchev–Trinajstić information content (AvgIpc) is 2.49. The van der Waals surface area contributed by atoms with E-state index >= 15 is 0 Å². The second-order valence-corrected chi connectivity index (χ2v) is 6.67. The van der Waals surface area contributed by atoms with Gasteiger partial charge in [-0.15, -0.1) is 5.10 Å². The average molecular weight is 247 g/mol. The van der Waals surface area contributed by atoms with Crippen LogP contribution in [0.4, 0.5) is 0 Å². The van der Waals surface area contributed by atoms with E-state index in [9.17, 15) is 13.5 Å². The van der Waals surface area contributed by atoms with Crippen molar-refractivity contribution in [1.82, 2.24) is 15.0 Å². The molecule has 0 saturated heterocycles. The first kappa shape index (κ1) is 13.1. The summed E-state index contributed by atoms with van der Waals surface area (Å²) in [4.78, 5) is 0. The second-order valence-electron chi connectivity index (χ2n) is 4.41. The molecule has 0 amide bonds. The molecule has 1 rings (SSSR count). The molecule has 0 atom stereocenters. The molecule has 16 heavy (non-hydrogen) atoms. The molecule has 92 valence electrons. The SMILES string of the molecule is CC(C)(O)c1cn(CCCS(C)(=O)=O)nn1. The Morgan fingerprint density at radius 1 is 1.50 bits per heavy atom. The lowest BCUT2D eigenvalue weighted by atomic mass is 10.1. The van der Waals surface area contributed by atoms with Gasteiger partial charge in [-0.1, -0.05) is 5.21 Å². The molecule has 0 unspecified atom stereocenters. The van der Waals surface area contributed by atoms with Crippen molar-refractivity contribution in [2.24, 2.45) is 0 Å². The van der Waals surface area contributed by atoms with Gasteiger partial charge in [-0.25, -0.2) is 8.42 Å². The monoisotopic (exact) mass is 247 g/mol. The number of rotatable bonds is 5. The molecular formula is C9H17N3O3S. The highest BCUT2D eigenvalue weighted by atomic mass is 32.2. The van der Waals surface area contributed by atoms with Crippen molar-refractivity contribution in [2.45, 2.75) is 32.4 Å². The number of aliphatic hydroxyl groups is 1. The third kappa shape index (κ3) is 4.28. The summed E-state index contributed by atoms with van der Waals surface area (Å²) in [5.74, 6) is 0.130. The van der Waals surface area contributed by atoms with E-state index < -0.39 is 15.4 Å². The van der Waals surface area contributed by atoms with Crippen LogP contribution in [0.15, 0.2) is 6.20 Å². The molecule has 1 aromatic rings. The first-order valence-corrected chi connectivity index (χ1v) is 7.05. The molecular weight excluding hydrogens is 230 g/mol. The van der Waals surface area contributed by atoms with E-state index in [2.05, 4.69) is 10.3 Å². The van der Waals surface area contributed by atoms with E-state index in [0.29, 0.717) is 18.7 Å². The van der Waals surface area contributed by atoms with Gasteiger partial charge in [-0.05, 0) is 20.3 Å². The Labute approximate surface area is 95.2 Å². The molecule has 0 fully saturated rings. The van der Waals surface area contributed by atoms with Gasteiger partial charge in [0.1, 0.15) is 21.1 Å². The lowest BCUT2D eigenvalue weighted by Crippen LogP contribution is -2.15. The van der Waals surface area contributed by atoms with Crippen molar-refractivity contribution >= 4 is 9.84 Å². The Hall–Kier alpha value is -0.950. The van der Waals surface area contributed by atoms with Crippen LogP contribution in [0.1, 0.15) is 26.0 Å². The van der Waals surface area contributed by atoms with Crippen LogP contribution in [0.3, 0.4) is 0 Å². The van der Waals surface area contributed by atoms with Crippen molar-refractivity contribution in [1.29, 1.82) is 0 Å². The van der Waals surface area contributed by atoms with E-state index in [4.69, 9.17) is 0 Å². The van der Waals surface area contributed by atoms with Gasteiger partial charge in [0, 0.05) is 12.8 Å². The maximum atomic E-state index is 10.9. The quantitative estimate of drug-likeness (QED) is 0.788. The molecule has 7 heteroatoms. The van der Waals surface area contributed by atoms with Crippen LogP contribution in [0.2, 0.25) is 0 Å². The number of aryl methyl sites for hydroxylation is 1. The van der Waals surface area contributed by atoms with Gasteiger partial charge in [0.25, 0.3) is 0 Å². The Balaban J connectivity index is 2.54. The Bertz CT molecular complexity index is 445. The summed E-state index contributed by atoms with van der Waals surface area (Å²) in [6.07, 6.45) is 3.33. The zero-order chi connectivity index (χ0) is 12.4. The van der Waals surface area contributed by atoms with E-state index in [1.807, 2.05) is 0 Å². The van der Waals surface area contributed by atoms with Gasteiger partial charge in [0.15, 0.2) is 0 Å². The number of aromatic nitrogens is 3. The van der Waals surface area contributed by atoms with Gasteiger partial charge in [0.05, 0.1) is 11.9 Å². The zero-order valence-corrected chi connectivity index (χ0v) is 10.5. The molecule has 1 heterocycles. The van der Waals surface area contributed by atoms with Crippen LogP contribution in [-0.2, 0) is 22.0 Å². The predicted molar refractivity (Wildman–Crippen MR) is 59.6 cm³/mol. The fourth-order valence-electron chi connectivity index (χ4n) is 1.18. The third-order valence-corrected chi connectivity index (χ3v) is 3.10. The largest absolute Gasteiger partial charge is 0.384 e. The third-order valence-electron chi connectivity index (χ3n) is 2.07. The minimum atomic E-state index is -2.93. The first-order chi connectivity index (χ1) is 7.18. The Morgan fingerprint density at radius 3 is 2.56 bits per heavy atom. The van der Waals surface area contributed by atoms with Crippen molar-refractivity contribution in [3.63, 3.8) is 0 Å². The number of hydrogen-bond donors (Lipinski definition) is 1. The molecule has 6 nitrogen and oxygen atoms in total. The van der Waals surface area contributed by atoms with Crippen LogP contribution >= 0.6 is 0 Å². The molecule has 0 bridgehead atoms. The van der Waals surface area contributed by atoms with Gasteiger partial charge in [-0.2, -0.15) is 0 Å². The minimum absolute atomic E-state index is 0.130. The Kier molecular flexibility index (Phi) is 3.69. The van der Waals surface area contributed by atoms with Gasteiger partial charge >= 0.3 is 0 Å². The molecule has 0 aliphatic heterocycles. The normalized spacial score (nSPS) is 13.0. The molecule has 0 aliphatic rings. The lowest BCUT2D eigenvalue weighted by molar-refractivity contribution is 0.0737. The van der Waals surface area contributed by atoms with Gasteiger partial charge in [0.2, 0.25) is 0 Å². The summed E-state index contributed by atoms with van der Waals surface area (Å²) >= 11 is 0. The van der Waals surface area contributed by atoms with Crippen molar-refractivity contribution in [3.8, 4) is 0 Å². The first-order valence-electron chi connectivity index (χ1n) is 4.99. The second kappa shape index (κ2) is 4.50. The molecule has 0 aliphatic carbocycles. The topological polar surface area (TPSA) is 85.1 Å². The zero-order valence-electron chi connectivity index (χ0n) is 9.71. The lowest BCUT2D eigenvalue weighted by Gasteiger charge is -2.11. The molecule has 0 spiro atoms. The molecule has 0 radical (unpaired) electrons. The highest BCUT2D eigenvalue weighted by Gasteiger charge is 2.19. The van der Waals surface area contributed by atoms with Crippen molar-refractivity contribution in [2.75, 3.05) is 12.0 Å². The van der Waals surface area contributed by atoms with Crippen molar-refractivity contribution in [3.05, 3.63) is 11.9 Å². The Morgan fingerprint density at radius 2 is 2.12 bits per heavy atom. The van der Waals surface area contributed by atoms with Crippen LogP contribution < -0.4 is 0 Å². The number of hydrogen-bond acceptors (Lipinski definition) is 5. The van der Waals surface area contributed by atoms with Crippen molar-refractivity contribution < 1.29 is 13.5 Å². The summed E-state index contributed by atoms with van der Waals surface area (Å²) in [6.45, 7) is 3.73. The van der Waals surface area contributed by atoms with E-state index in [1.54, 1.807) is 24.7 Å². The summed E-state index contributed by atoms with van der Waals surface area (Å²) in [7, 11) is -2.93. The van der Waals surface area contributed by atoms with E-state index in [1.165, 1.54) is 6.26 Å². The van der Waals surface area contributed by atoms with Crippen LogP contribution in [-0.4, -0.2) is 40.5 Å². The molecule has 1 N–H and O–H groups in total. The molecule has 0 aromatic carbocycles. The maximum absolute atomic E-state index is 10.9. The summed E-state index contributed by atoms with van der Waals surface area (Å²) in [5.41, 5.74) is -0.540. The smallest absolute Gasteiger partial charge is 0.147 e. The standard InChI is InChI=1S/C9H17N3O3S/c1-9(2,13)8-7-12(11-10-8)5-4-6-16(3,14)15/h7,13H,4-6H2,1-3H3. The van der Waals surface area contributed by atoms with Crippen LogP contribution in [0.5, 0.6) is 0 Å². The molecule has 0 saturated carbocycles. The fraction of sp³-hybridized carbons (Fsp3) is 0.778. The highest BCUT2D eigenvalue weighted by molar-refractivity contribution is 7.90. The van der Waals surface area contributed by atoms with Crippen LogP contribution in [0, 0.1) is 0 Å².